The van der Waals surface area contributed by atoms with Gasteiger partial charge in [0.2, 0.25) is 0 Å². The molecule has 1 saturated heterocycles. The van der Waals surface area contributed by atoms with E-state index in [1.165, 1.54) is 6.07 Å². The van der Waals surface area contributed by atoms with E-state index in [0.29, 0.717) is 11.6 Å². The molecule has 0 saturated carbocycles. The van der Waals surface area contributed by atoms with Crippen molar-refractivity contribution in [3.63, 3.8) is 0 Å². The van der Waals surface area contributed by atoms with E-state index in [0.717, 1.165) is 25.2 Å². The molecule has 1 aromatic carbocycles. The van der Waals surface area contributed by atoms with Crippen LogP contribution >= 0.6 is 0 Å². The van der Waals surface area contributed by atoms with Crippen LogP contribution in [0.2, 0.25) is 0 Å². The lowest BCUT2D eigenvalue weighted by molar-refractivity contribution is 0.414. The van der Waals surface area contributed by atoms with E-state index in [9.17, 15) is 4.39 Å². The van der Waals surface area contributed by atoms with Crippen LogP contribution in [0.5, 0.6) is 0 Å². The van der Waals surface area contributed by atoms with Crippen molar-refractivity contribution in [1.29, 1.82) is 0 Å². The molecule has 1 fully saturated rings. The number of hydrogen-bond donors (Lipinski definition) is 1. The zero-order chi connectivity index (χ0) is 10.8. The van der Waals surface area contributed by atoms with E-state index in [1.54, 1.807) is 6.07 Å². The van der Waals surface area contributed by atoms with Gasteiger partial charge in [0, 0.05) is 23.8 Å². The molecule has 0 aliphatic carbocycles. The lowest BCUT2D eigenvalue weighted by Gasteiger charge is -2.16. The van der Waals surface area contributed by atoms with E-state index in [2.05, 4.69) is 17.3 Å². The largest absolute Gasteiger partial charge is 0.381 e. The number of rotatable bonds is 2. The first-order valence-corrected chi connectivity index (χ1v) is 5.37. The minimum absolute atomic E-state index is 0.133. The first-order chi connectivity index (χ1) is 7.16. The summed E-state index contributed by atoms with van der Waals surface area (Å²) in [6, 6.07) is 5.65. The lowest BCUT2D eigenvalue weighted by atomic mass is 10.1. The second kappa shape index (κ2) is 4.19. The first-order valence-electron chi connectivity index (χ1n) is 5.37. The molecule has 1 aliphatic rings. The highest BCUT2D eigenvalue weighted by atomic mass is 19.1. The highest BCUT2D eigenvalue weighted by Crippen LogP contribution is 2.20. The first kappa shape index (κ1) is 10.4. The molecule has 2 rings (SSSR count). The molecular weight excluding hydrogens is 191 g/mol. The molecule has 3 heteroatoms. The van der Waals surface area contributed by atoms with Crippen LogP contribution in [0.3, 0.4) is 0 Å². The molecule has 1 aliphatic heterocycles. The molecule has 0 amide bonds. The Hall–Kier alpha value is -1.09. The van der Waals surface area contributed by atoms with Gasteiger partial charge in [-0.25, -0.2) is 4.39 Å². The molecule has 0 radical (unpaired) electrons. The molecule has 82 valence electrons. The maximum Gasteiger partial charge on any atom is 0.128 e. The molecule has 1 N–H and O–H groups in total. The Morgan fingerprint density at radius 1 is 1.47 bits per heavy atom. The van der Waals surface area contributed by atoms with Crippen LogP contribution in [0.4, 0.5) is 10.1 Å². The summed E-state index contributed by atoms with van der Waals surface area (Å²) < 4.78 is 13.3. The van der Waals surface area contributed by atoms with Crippen LogP contribution in [0.15, 0.2) is 18.2 Å². The summed E-state index contributed by atoms with van der Waals surface area (Å²) in [6.07, 6.45) is 1.13. The number of likely N-dealkylation sites (tertiary alicyclic amines) is 1. The second-order valence-corrected chi connectivity index (χ2v) is 4.30. The predicted molar refractivity (Wildman–Crippen MR) is 60.7 cm³/mol. The Morgan fingerprint density at radius 3 is 2.93 bits per heavy atom. The Kier molecular flexibility index (Phi) is 2.91. The summed E-state index contributed by atoms with van der Waals surface area (Å²) in [4.78, 5) is 2.28. The third kappa shape index (κ3) is 2.29. The van der Waals surface area contributed by atoms with Gasteiger partial charge in [0.05, 0.1) is 0 Å². The summed E-state index contributed by atoms with van der Waals surface area (Å²) >= 11 is 0. The van der Waals surface area contributed by atoms with Crippen molar-refractivity contribution in [3.8, 4) is 0 Å². The zero-order valence-electron chi connectivity index (χ0n) is 9.26. The topological polar surface area (TPSA) is 15.3 Å². The number of hydrogen-bond acceptors (Lipinski definition) is 2. The van der Waals surface area contributed by atoms with Gasteiger partial charge >= 0.3 is 0 Å². The van der Waals surface area contributed by atoms with Gasteiger partial charge in [0.15, 0.2) is 0 Å². The van der Waals surface area contributed by atoms with Crippen LogP contribution < -0.4 is 5.32 Å². The predicted octanol–water partition coefficient (Wildman–Crippen LogP) is 2.25. The number of anilines is 1. The third-order valence-corrected chi connectivity index (χ3v) is 3.02. The van der Waals surface area contributed by atoms with Crippen molar-refractivity contribution >= 4 is 5.69 Å². The highest BCUT2D eigenvalue weighted by Gasteiger charge is 2.19. The zero-order valence-corrected chi connectivity index (χ0v) is 9.26. The lowest BCUT2D eigenvalue weighted by Crippen LogP contribution is -2.23. The monoisotopic (exact) mass is 208 g/mol. The molecule has 15 heavy (non-hydrogen) atoms. The molecule has 0 spiro atoms. The Bertz CT molecular complexity index is 351. The fourth-order valence-electron chi connectivity index (χ4n) is 2.04. The summed E-state index contributed by atoms with van der Waals surface area (Å²) in [5, 5.41) is 3.40. The van der Waals surface area contributed by atoms with Crippen molar-refractivity contribution in [1.82, 2.24) is 4.90 Å². The van der Waals surface area contributed by atoms with Crippen molar-refractivity contribution < 1.29 is 4.39 Å². The fraction of sp³-hybridized carbons (Fsp3) is 0.500. The van der Waals surface area contributed by atoms with E-state index >= 15 is 0 Å². The molecule has 0 bridgehead atoms. The quantitative estimate of drug-likeness (QED) is 0.802. The van der Waals surface area contributed by atoms with E-state index < -0.39 is 0 Å². The van der Waals surface area contributed by atoms with Crippen LogP contribution in [0.25, 0.3) is 0 Å². The van der Waals surface area contributed by atoms with Gasteiger partial charge in [-0.2, -0.15) is 0 Å². The number of likely N-dealkylation sites (N-methyl/N-ethyl adjacent to an activating group) is 1. The number of halogens is 1. The maximum atomic E-state index is 13.3. The maximum absolute atomic E-state index is 13.3. The normalized spacial score (nSPS) is 21.9. The second-order valence-electron chi connectivity index (χ2n) is 4.30. The van der Waals surface area contributed by atoms with E-state index in [4.69, 9.17) is 0 Å². The highest BCUT2D eigenvalue weighted by molar-refractivity contribution is 5.51. The molecule has 1 unspecified atom stereocenters. The van der Waals surface area contributed by atoms with Crippen LogP contribution in [0, 0.1) is 12.7 Å². The van der Waals surface area contributed by atoms with Gasteiger partial charge in [-0.1, -0.05) is 6.07 Å². The molecule has 1 atom stereocenters. The van der Waals surface area contributed by atoms with Crippen molar-refractivity contribution in [3.05, 3.63) is 29.6 Å². The van der Waals surface area contributed by atoms with Gasteiger partial charge < -0.3 is 10.2 Å². The third-order valence-electron chi connectivity index (χ3n) is 3.02. The Labute approximate surface area is 90.1 Å². The van der Waals surface area contributed by atoms with Crippen molar-refractivity contribution in [2.45, 2.75) is 19.4 Å². The average Bonchev–Trinajstić information content (AvgIpc) is 2.59. The van der Waals surface area contributed by atoms with Crippen molar-refractivity contribution in [2.24, 2.45) is 0 Å². The summed E-state index contributed by atoms with van der Waals surface area (Å²) in [6.45, 7) is 3.97. The summed E-state index contributed by atoms with van der Waals surface area (Å²) in [5.74, 6) is -0.133. The van der Waals surface area contributed by atoms with Gasteiger partial charge in [-0.05, 0) is 39.1 Å². The molecule has 0 aromatic heterocycles. The van der Waals surface area contributed by atoms with Gasteiger partial charge in [-0.15, -0.1) is 0 Å². The molecule has 1 heterocycles. The smallest absolute Gasteiger partial charge is 0.128 e. The number of nitrogens with one attached hydrogen (secondary N) is 1. The van der Waals surface area contributed by atoms with Gasteiger partial charge in [0.1, 0.15) is 5.82 Å². The van der Waals surface area contributed by atoms with Gasteiger partial charge in [0.25, 0.3) is 0 Å². The number of benzene rings is 1. The van der Waals surface area contributed by atoms with Crippen LogP contribution in [-0.2, 0) is 0 Å². The minimum atomic E-state index is -0.133. The average molecular weight is 208 g/mol. The summed E-state index contributed by atoms with van der Waals surface area (Å²) in [7, 11) is 2.11. The van der Waals surface area contributed by atoms with E-state index in [1.807, 2.05) is 13.0 Å². The SMILES string of the molecule is Cc1c(F)cccc1NC1CCN(C)C1. The standard InChI is InChI=1S/C12H17FN2/c1-9-11(13)4-3-5-12(9)14-10-6-7-15(2)8-10/h3-5,10,14H,6-8H2,1-2H3. The molecule has 2 nitrogen and oxygen atoms in total. The molecule has 1 aromatic rings. The molecular formula is C12H17FN2. The van der Waals surface area contributed by atoms with Crippen molar-refractivity contribution in [2.75, 3.05) is 25.5 Å². The van der Waals surface area contributed by atoms with Crippen LogP contribution in [0.1, 0.15) is 12.0 Å². The van der Waals surface area contributed by atoms with Crippen LogP contribution in [-0.4, -0.2) is 31.1 Å². The Balaban J connectivity index is 2.07. The fourth-order valence-corrected chi connectivity index (χ4v) is 2.04. The van der Waals surface area contributed by atoms with E-state index in [-0.39, 0.29) is 5.82 Å². The minimum Gasteiger partial charge on any atom is -0.381 e. The Morgan fingerprint density at radius 2 is 2.27 bits per heavy atom. The number of nitrogens with zero attached hydrogens (tertiary/aromatic N) is 1. The summed E-state index contributed by atoms with van der Waals surface area (Å²) in [5.41, 5.74) is 1.64. The van der Waals surface area contributed by atoms with Gasteiger partial charge in [-0.3, -0.25) is 0 Å².